The molecule has 1 aromatic carbocycles. The van der Waals surface area contributed by atoms with E-state index < -0.39 is 0 Å². The van der Waals surface area contributed by atoms with Crippen molar-refractivity contribution in [1.29, 1.82) is 0 Å². The maximum atomic E-state index is 13.5. The van der Waals surface area contributed by atoms with Crippen molar-refractivity contribution in [2.75, 3.05) is 6.54 Å². The van der Waals surface area contributed by atoms with Crippen LogP contribution >= 0.6 is 0 Å². The first-order valence-corrected chi connectivity index (χ1v) is 7.42. The molecule has 0 radical (unpaired) electrons. The number of benzene rings is 1. The third kappa shape index (κ3) is 4.36. The summed E-state index contributed by atoms with van der Waals surface area (Å²) in [5.41, 5.74) is 1.25. The minimum Gasteiger partial charge on any atom is -0.339 e. The highest BCUT2D eigenvalue weighted by Crippen LogP contribution is 2.19. The second-order valence-corrected chi connectivity index (χ2v) is 5.37. The quantitative estimate of drug-likeness (QED) is 0.848. The van der Waals surface area contributed by atoms with Crippen molar-refractivity contribution in [3.8, 4) is 11.4 Å². The Bertz CT molecular complexity index is 583. The van der Waals surface area contributed by atoms with Crippen molar-refractivity contribution in [2.45, 2.75) is 46.1 Å². The number of halogens is 1. The molecule has 1 heterocycles. The minimum absolute atomic E-state index is 0.253. The van der Waals surface area contributed by atoms with E-state index in [4.69, 9.17) is 4.52 Å². The molecule has 0 aliphatic rings. The Morgan fingerprint density at radius 3 is 2.90 bits per heavy atom. The first kappa shape index (κ1) is 15.6. The molecule has 1 aromatic heterocycles. The lowest BCUT2D eigenvalue weighted by molar-refractivity contribution is 0.367. The molecule has 0 aliphatic carbocycles. The zero-order valence-corrected chi connectivity index (χ0v) is 12.8. The van der Waals surface area contributed by atoms with E-state index in [1.807, 2.05) is 0 Å². The van der Waals surface area contributed by atoms with Crippen LogP contribution in [0.15, 0.2) is 22.7 Å². The van der Waals surface area contributed by atoms with E-state index in [1.54, 1.807) is 19.1 Å². The Balaban J connectivity index is 1.96. The molecule has 0 amide bonds. The van der Waals surface area contributed by atoms with Gasteiger partial charge in [0.2, 0.25) is 11.7 Å². The number of hydrogen-bond acceptors (Lipinski definition) is 4. The molecule has 0 spiro atoms. The van der Waals surface area contributed by atoms with Crippen molar-refractivity contribution in [1.82, 2.24) is 15.5 Å². The Morgan fingerprint density at radius 1 is 1.38 bits per heavy atom. The molecule has 2 aromatic rings. The van der Waals surface area contributed by atoms with Crippen LogP contribution in [0.2, 0.25) is 0 Å². The molecule has 114 valence electrons. The monoisotopic (exact) mass is 291 g/mol. The smallest absolute Gasteiger partial charge is 0.227 e. The van der Waals surface area contributed by atoms with Gasteiger partial charge in [0, 0.05) is 18.0 Å². The van der Waals surface area contributed by atoms with Crippen molar-refractivity contribution >= 4 is 0 Å². The van der Waals surface area contributed by atoms with E-state index >= 15 is 0 Å². The van der Waals surface area contributed by atoms with Gasteiger partial charge in [-0.1, -0.05) is 24.2 Å². The van der Waals surface area contributed by atoms with Crippen LogP contribution < -0.4 is 5.32 Å². The molecule has 5 heteroatoms. The standard InChI is InChI=1S/C16H22FN3O/c1-4-9-18-12(3)6-8-15-19-16(20-21-15)13-7-5-11(2)14(17)10-13/h5,7,10,12,18H,4,6,8-9H2,1-3H3. The molecule has 0 fully saturated rings. The number of nitrogens with one attached hydrogen (secondary N) is 1. The molecule has 4 nitrogen and oxygen atoms in total. The second-order valence-electron chi connectivity index (χ2n) is 5.37. The highest BCUT2D eigenvalue weighted by molar-refractivity contribution is 5.54. The Kier molecular flexibility index (Phi) is 5.44. The second kappa shape index (κ2) is 7.31. The van der Waals surface area contributed by atoms with E-state index in [1.165, 1.54) is 6.07 Å². The summed E-state index contributed by atoms with van der Waals surface area (Å²) < 4.78 is 18.8. The molecule has 2 rings (SSSR count). The summed E-state index contributed by atoms with van der Waals surface area (Å²) in [4.78, 5) is 4.33. The first-order chi connectivity index (χ1) is 10.1. The maximum absolute atomic E-state index is 13.5. The van der Waals surface area contributed by atoms with Gasteiger partial charge in [-0.25, -0.2) is 4.39 Å². The topological polar surface area (TPSA) is 51.0 Å². The van der Waals surface area contributed by atoms with Gasteiger partial charge < -0.3 is 9.84 Å². The fraction of sp³-hybridized carbons (Fsp3) is 0.500. The van der Waals surface area contributed by atoms with Gasteiger partial charge in [-0.05, 0) is 44.9 Å². The molecule has 0 saturated heterocycles. The molecular formula is C16H22FN3O. The summed E-state index contributed by atoms with van der Waals surface area (Å²) >= 11 is 0. The summed E-state index contributed by atoms with van der Waals surface area (Å²) in [6.45, 7) is 7.03. The summed E-state index contributed by atoms with van der Waals surface area (Å²) in [6, 6.07) is 5.38. The molecule has 1 N–H and O–H groups in total. The SMILES string of the molecule is CCCNC(C)CCc1nc(-c2ccc(C)c(F)c2)no1. The van der Waals surface area contributed by atoms with Gasteiger partial charge >= 0.3 is 0 Å². The average Bonchev–Trinajstić information content (AvgIpc) is 2.94. The lowest BCUT2D eigenvalue weighted by atomic mass is 10.1. The van der Waals surface area contributed by atoms with Crippen LogP contribution in [0.1, 0.15) is 38.1 Å². The first-order valence-electron chi connectivity index (χ1n) is 7.42. The predicted octanol–water partition coefficient (Wildman–Crippen LogP) is 3.50. The fourth-order valence-electron chi connectivity index (χ4n) is 2.04. The zero-order chi connectivity index (χ0) is 15.2. The summed E-state index contributed by atoms with van der Waals surface area (Å²) in [5.74, 6) is 0.783. The molecule has 0 aliphatic heterocycles. The van der Waals surface area contributed by atoms with Gasteiger partial charge in [0.05, 0.1) is 0 Å². The third-order valence-electron chi connectivity index (χ3n) is 3.43. The van der Waals surface area contributed by atoms with E-state index in [0.717, 1.165) is 25.8 Å². The molecule has 1 atom stereocenters. The van der Waals surface area contributed by atoms with E-state index in [0.29, 0.717) is 28.9 Å². The normalized spacial score (nSPS) is 12.6. The number of nitrogens with zero attached hydrogens (tertiary/aromatic N) is 2. The Labute approximate surface area is 124 Å². The Morgan fingerprint density at radius 2 is 2.19 bits per heavy atom. The number of rotatable bonds is 7. The van der Waals surface area contributed by atoms with Crippen molar-refractivity contribution in [3.63, 3.8) is 0 Å². The lowest BCUT2D eigenvalue weighted by Gasteiger charge is -2.10. The number of aromatic nitrogens is 2. The molecular weight excluding hydrogens is 269 g/mol. The summed E-state index contributed by atoms with van der Waals surface area (Å²) in [7, 11) is 0. The van der Waals surface area contributed by atoms with Gasteiger partial charge in [0.25, 0.3) is 0 Å². The number of aryl methyl sites for hydroxylation is 2. The summed E-state index contributed by atoms with van der Waals surface area (Å²) in [6.07, 6.45) is 2.77. The van der Waals surface area contributed by atoms with Crippen LogP contribution in [0.25, 0.3) is 11.4 Å². The summed E-state index contributed by atoms with van der Waals surface area (Å²) in [5, 5.41) is 7.34. The van der Waals surface area contributed by atoms with Gasteiger partial charge in [0.15, 0.2) is 0 Å². The van der Waals surface area contributed by atoms with Gasteiger partial charge in [0.1, 0.15) is 5.82 Å². The zero-order valence-electron chi connectivity index (χ0n) is 12.8. The average molecular weight is 291 g/mol. The molecule has 0 bridgehead atoms. The lowest BCUT2D eigenvalue weighted by Crippen LogP contribution is -2.27. The highest BCUT2D eigenvalue weighted by atomic mass is 19.1. The van der Waals surface area contributed by atoms with Crippen LogP contribution in [0.5, 0.6) is 0 Å². The van der Waals surface area contributed by atoms with Gasteiger partial charge in [-0.15, -0.1) is 0 Å². The maximum Gasteiger partial charge on any atom is 0.227 e. The highest BCUT2D eigenvalue weighted by Gasteiger charge is 2.11. The molecule has 0 saturated carbocycles. The minimum atomic E-state index is -0.253. The molecule has 1 unspecified atom stereocenters. The van der Waals surface area contributed by atoms with Crippen LogP contribution in [0.3, 0.4) is 0 Å². The largest absolute Gasteiger partial charge is 0.339 e. The third-order valence-corrected chi connectivity index (χ3v) is 3.43. The van der Waals surface area contributed by atoms with Crippen molar-refractivity contribution in [2.24, 2.45) is 0 Å². The fourth-order valence-corrected chi connectivity index (χ4v) is 2.04. The Hall–Kier alpha value is -1.75. The van der Waals surface area contributed by atoms with E-state index in [2.05, 4.69) is 29.3 Å². The molecule has 21 heavy (non-hydrogen) atoms. The number of hydrogen-bond donors (Lipinski definition) is 1. The van der Waals surface area contributed by atoms with Crippen LogP contribution in [0, 0.1) is 12.7 Å². The van der Waals surface area contributed by atoms with Crippen LogP contribution in [-0.2, 0) is 6.42 Å². The van der Waals surface area contributed by atoms with Crippen LogP contribution in [-0.4, -0.2) is 22.7 Å². The predicted molar refractivity (Wildman–Crippen MR) is 80.5 cm³/mol. The van der Waals surface area contributed by atoms with Gasteiger partial charge in [-0.3, -0.25) is 0 Å². The van der Waals surface area contributed by atoms with E-state index in [-0.39, 0.29) is 5.82 Å². The van der Waals surface area contributed by atoms with Crippen molar-refractivity contribution in [3.05, 3.63) is 35.5 Å². The van der Waals surface area contributed by atoms with E-state index in [9.17, 15) is 4.39 Å². The van der Waals surface area contributed by atoms with Gasteiger partial charge in [-0.2, -0.15) is 4.98 Å². The van der Waals surface area contributed by atoms with Crippen LogP contribution in [0.4, 0.5) is 4.39 Å². The van der Waals surface area contributed by atoms with Crippen molar-refractivity contribution < 1.29 is 8.91 Å².